The van der Waals surface area contributed by atoms with Crippen LogP contribution in [0.15, 0.2) is 18.2 Å². The Morgan fingerprint density at radius 3 is 3.00 bits per heavy atom. The lowest BCUT2D eigenvalue weighted by Crippen LogP contribution is -2.44. The fourth-order valence-corrected chi connectivity index (χ4v) is 2.70. The Hall–Kier alpha value is -1.26. The van der Waals surface area contributed by atoms with Crippen LogP contribution in [0.1, 0.15) is 25.3 Å². The van der Waals surface area contributed by atoms with Gasteiger partial charge in [-0.25, -0.2) is 4.79 Å². The average Bonchev–Trinajstić information content (AvgIpc) is 2.44. The molecule has 1 fully saturated rings. The van der Waals surface area contributed by atoms with Gasteiger partial charge in [-0.05, 0) is 38.3 Å². The topological polar surface area (TPSA) is 52.6 Å². The van der Waals surface area contributed by atoms with Crippen molar-refractivity contribution in [2.24, 2.45) is 5.92 Å². The highest BCUT2D eigenvalue weighted by atomic mass is 35.5. The zero-order chi connectivity index (χ0) is 14.7. The zero-order valence-corrected chi connectivity index (χ0v) is 12.7. The van der Waals surface area contributed by atoms with Gasteiger partial charge in [0, 0.05) is 19.0 Å². The normalized spacial score (nSPS) is 20.6. The number of nitrogens with zero attached hydrogens (tertiary/aromatic N) is 1. The van der Waals surface area contributed by atoms with Crippen LogP contribution in [0, 0.1) is 12.8 Å². The number of aliphatic hydroxyl groups excluding tert-OH is 1. The summed E-state index contributed by atoms with van der Waals surface area (Å²) in [6.45, 7) is 5.00. The fourth-order valence-electron chi connectivity index (χ4n) is 2.53. The molecule has 1 aliphatic heterocycles. The Kier molecular flexibility index (Phi) is 4.89. The van der Waals surface area contributed by atoms with E-state index < -0.39 is 0 Å². The molecular weight excluding hydrogens is 276 g/mol. The third kappa shape index (κ3) is 3.44. The van der Waals surface area contributed by atoms with E-state index in [1.165, 1.54) is 0 Å². The van der Waals surface area contributed by atoms with Crippen LogP contribution in [0.4, 0.5) is 10.5 Å². The number of urea groups is 1. The maximum Gasteiger partial charge on any atom is 0.321 e. The van der Waals surface area contributed by atoms with E-state index in [4.69, 9.17) is 11.6 Å². The van der Waals surface area contributed by atoms with Crippen LogP contribution in [-0.4, -0.2) is 35.2 Å². The summed E-state index contributed by atoms with van der Waals surface area (Å²) in [5.74, 6) is 0.155. The zero-order valence-electron chi connectivity index (χ0n) is 11.9. The molecule has 1 aromatic carbocycles. The van der Waals surface area contributed by atoms with Crippen LogP contribution in [0.2, 0.25) is 5.02 Å². The first-order valence-electron chi connectivity index (χ1n) is 6.98. The van der Waals surface area contributed by atoms with Crippen molar-refractivity contribution in [3.05, 3.63) is 28.8 Å². The maximum atomic E-state index is 12.3. The number of nitrogens with one attached hydrogen (secondary N) is 1. The summed E-state index contributed by atoms with van der Waals surface area (Å²) in [5.41, 5.74) is 1.57. The maximum absolute atomic E-state index is 12.3. The highest BCUT2D eigenvalue weighted by Gasteiger charge is 2.26. The van der Waals surface area contributed by atoms with Crippen molar-refractivity contribution < 1.29 is 9.90 Å². The van der Waals surface area contributed by atoms with E-state index in [0.717, 1.165) is 24.9 Å². The molecule has 2 N–H and O–H groups in total. The molecule has 1 saturated heterocycles. The van der Waals surface area contributed by atoms with Gasteiger partial charge in [-0.2, -0.15) is 0 Å². The second kappa shape index (κ2) is 6.46. The Morgan fingerprint density at radius 2 is 2.30 bits per heavy atom. The van der Waals surface area contributed by atoms with Crippen molar-refractivity contribution >= 4 is 23.3 Å². The van der Waals surface area contributed by atoms with Gasteiger partial charge in [0.05, 0.1) is 16.8 Å². The van der Waals surface area contributed by atoms with Crippen molar-refractivity contribution in [3.63, 3.8) is 0 Å². The molecule has 20 heavy (non-hydrogen) atoms. The standard InChI is InChI=1S/C15H21ClN2O2/c1-10-5-3-7-13(14(10)16)17-15(20)18-8-4-6-12(9-18)11(2)19/h3,5,7,11-12,19H,4,6,8-9H2,1-2H3,(H,17,20). The molecule has 5 heteroatoms. The number of hydrogen-bond donors (Lipinski definition) is 2. The lowest BCUT2D eigenvalue weighted by Gasteiger charge is -2.34. The van der Waals surface area contributed by atoms with Gasteiger partial charge in [-0.1, -0.05) is 23.7 Å². The van der Waals surface area contributed by atoms with Crippen molar-refractivity contribution in [3.8, 4) is 0 Å². The predicted octanol–water partition coefficient (Wildman–Crippen LogP) is 3.27. The molecular formula is C15H21ClN2O2. The number of carbonyl (C=O) groups is 1. The van der Waals surface area contributed by atoms with Gasteiger partial charge in [0.2, 0.25) is 0 Å². The molecule has 1 aromatic rings. The number of anilines is 1. The first-order valence-corrected chi connectivity index (χ1v) is 7.36. The minimum absolute atomic E-state index is 0.150. The number of likely N-dealkylation sites (tertiary alicyclic amines) is 1. The largest absolute Gasteiger partial charge is 0.393 e. The number of aryl methyl sites for hydroxylation is 1. The average molecular weight is 297 g/mol. The van der Waals surface area contributed by atoms with Crippen LogP contribution in [0.25, 0.3) is 0 Å². The summed E-state index contributed by atoms with van der Waals surface area (Å²) in [6, 6.07) is 5.42. The van der Waals surface area contributed by atoms with E-state index in [1.54, 1.807) is 17.9 Å². The molecule has 1 aliphatic rings. The quantitative estimate of drug-likeness (QED) is 0.880. The molecule has 2 atom stereocenters. The summed E-state index contributed by atoms with van der Waals surface area (Å²) in [5, 5.41) is 13.1. The van der Waals surface area contributed by atoms with Crippen LogP contribution >= 0.6 is 11.6 Å². The van der Waals surface area contributed by atoms with Gasteiger partial charge in [0.15, 0.2) is 0 Å². The summed E-state index contributed by atoms with van der Waals surface area (Å²) in [6.07, 6.45) is 1.50. The molecule has 4 nitrogen and oxygen atoms in total. The second-order valence-electron chi connectivity index (χ2n) is 5.46. The van der Waals surface area contributed by atoms with Gasteiger partial charge in [0.25, 0.3) is 0 Å². The van der Waals surface area contributed by atoms with E-state index in [9.17, 15) is 9.90 Å². The van der Waals surface area contributed by atoms with Gasteiger partial charge >= 0.3 is 6.03 Å². The van der Waals surface area contributed by atoms with E-state index >= 15 is 0 Å². The third-order valence-corrected chi connectivity index (χ3v) is 4.36. The third-order valence-electron chi connectivity index (χ3n) is 3.86. The van der Waals surface area contributed by atoms with Crippen molar-refractivity contribution in [1.29, 1.82) is 0 Å². The van der Waals surface area contributed by atoms with E-state index in [-0.39, 0.29) is 18.1 Å². The fraction of sp³-hybridized carbons (Fsp3) is 0.533. The molecule has 2 unspecified atom stereocenters. The highest BCUT2D eigenvalue weighted by molar-refractivity contribution is 6.34. The van der Waals surface area contributed by atoms with E-state index in [2.05, 4.69) is 5.32 Å². The summed E-state index contributed by atoms with van der Waals surface area (Å²) >= 11 is 6.18. The SMILES string of the molecule is Cc1cccc(NC(=O)N2CCCC(C(C)O)C2)c1Cl. The summed E-state index contributed by atoms with van der Waals surface area (Å²) in [7, 11) is 0. The molecule has 2 amide bonds. The summed E-state index contributed by atoms with van der Waals surface area (Å²) in [4.78, 5) is 14.0. The Labute approximate surface area is 124 Å². The number of rotatable bonds is 2. The molecule has 0 spiro atoms. The van der Waals surface area contributed by atoms with Gasteiger partial charge in [-0.3, -0.25) is 0 Å². The number of halogens is 1. The predicted molar refractivity (Wildman–Crippen MR) is 81.2 cm³/mol. The molecule has 0 saturated carbocycles. The number of amides is 2. The van der Waals surface area contributed by atoms with Crippen molar-refractivity contribution in [1.82, 2.24) is 4.90 Å². The van der Waals surface area contributed by atoms with Gasteiger partial charge < -0.3 is 15.3 Å². The number of hydrogen-bond acceptors (Lipinski definition) is 2. The lowest BCUT2D eigenvalue weighted by molar-refractivity contribution is 0.0766. The second-order valence-corrected chi connectivity index (χ2v) is 5.83. The molecule has 1 heterocycles. The smallest absolute Gasteiger partial charge is 0.321 e. The Bertz CT molecular complexity index is 491. The first-order chi connectivity index (χ1) is 9.49. The number of aliphatic hydroxyl groups is 1. The highest BCUT2D eigenvalue weighted by Crippen LogP contribution is 2.26. The van der Waals surface area contributed by atoms with Crippen LogP contribution in [0.3, 0.4) is 0 Å². The molecule has 2 rings (SSSR count). The first kappa shape index (κ1) is 15.1. The minimum atomic E-state index is -0.381. The molecule has 0 radical (unpaired) electrons. The van der Waals surface area contributed by atoms with E-state index in [0.29, 0.717) is 17.3 Å². The monoisotopic (exact) mass is 296 g/mol. The number of benzene rings is 1. The molecule has 0 aromatic heterocycles. The number of piperidine rings is 1. The van der Waals surface area contributed by atoms with Crippen molar-refractivity contribution in [2.75, 3.05) is 18.4 Å². The van der Waals surface area contributed by atoms with Crippen LogP contribution in [0.5, 0.6) is 0 Å². The molecule has 0 bridgehead atoms. The van der Waals surface area contributed by atoms with Crippen molar-refractivity contribution in [2.45, 2.75) is 32.8 Å². The summed E-state index contributed by atoms with van der Waals surface area (Å²) < 4.78 is 0. The lowest BCUT2D eigenvalue weighted by atomic mass is 9.94. The Balaban J connectivity index is 2.03. The van der Waals surface area contributed by atoms with Crippen LogP contribution in [-0.2, 0) is 0 Å². The minimum Gasteiger partial charge on any atom is -0.393 e. The van der Waals surface area contributed by atoms with Gasteiger partial charge in [0.1, 0.15) is 0 Å². The Morgan fingerprint density at radius 1 is 1.55 bits per heavy atom. The van der Waals surface area contributed by atoms with E-state index in [1.807, 2.05) is 19.1 Å². The molecule has 110 valence electrons. The molecule has 0 aliphatic carbocycles. The van der Waals surface area contributed by atoms with Gasteiger partial charge in [-0.15, -0.1) is 0 Å². The number of carbonyl (C=O) groups excluding carboxylic acids is 1. The van der Waals surface area contributed by atoms with Crippen LogP contribution < -0.4 is 5.32 Å².